The van der Waals surface area contributed by atoms with E-state index in [1.807, 2.05) is 0 Å². The van der Waals surface area contributed by atoms with Crippen LogP contribution in [0.25, 0.3) is 0 Å². The molecule has 5 nitrogen and oxygen atoms in total. The van der Waals surface area contributed by atoms with Gasteiger partial charge in [0, 0.05) is 11.3 Å². The van der Waals surface area contributed by atoms with Crippen molar-refractivity contribution >= 4 is 40.8 Å². The van der Waals surface area contributed by atoms with Gasteiger partial charge in [0.05, 0.1) is 16.3 Å². The molecule has 108 valence electrons. The van der Waals surface area contributed by atoms with Crippen LogP contribution in [0.5, 0.6) is 0 Å². The molecule has 1 aromatic carbocycles. The second-order valence-electron chi connectivity index (χ2n) is 4.27. The molecule has 1 aromatic heterocycles. The quantitative estimate of drug-likeness (QED) is 0.844. The number of hydrogen-bond donors (Lipinski definition) is 2. The monoisotopic (exact) mass is 324 g/mol. The van der Waals surface area contributed by atoms with E-state index in [4.69, 9.17) is 28.3 Å². The summed E-state index contributed by atoms with van der Waals surface area (Å²) in [5.74, 6) is -1.50. The molecule has 1 amide bonds. The van der Waals surface area contributed by atoms with Crippen LogP contribution >= 0.6 is 23.2 Å². The Balaban J connectivity index is 2.25. The van der Waals surface area contributed by atoms with E-state index < -0.39 is 11.9 Å². The molecule has 0 fully saturated rings. The molecule has 1 heterocycles. The standard InChI is InChI=1S/C14H10Cl2N2O3/c1-7-4-9(6-12(16)17-7)13(19)18-11-3-2-8(14(20)21)5-10(11)15/h2-6H,1H3,(H,18,19)(H,20,21). The molecule has 0 saturated heterocycles. The van der Waals surface area contributed by atoms with E-state index >= 15 is 0 Å². The number of amides is 1. The predicted octanol–water partition coefficient (Wildman–Crippen LogP) is 3.65. The molecule has 2 N–H and O–H groups in total. The smallest absolute Gasteiger partial charge is 0.335 e. The van der Waals surface area contributed by atoms with Gasteiger partial charge < -0.3 is 10.4 Å². The number of halogens is 2. The molecular formula is C14H10Cl2N2O3. The number of carbonyl (C=O) groups is 2. The zero-order valence-electron chi connectivity index (χ0n) is 10.9. The van der Waals surface area contributed by atoms with Crippen LogP contribution in [-0.4, -0.2) is 22.0 Å². The Bertz CT molecular complexity index is 712. The third-order valence-electron chi connectivity index (χ3n) is 2.65. The van der Waals surface area contributed by atoms with Gasteiger partial charge in [0.25, 0.3) is 5.91 Å². The number of aromatic carboxylic acids is 1. The Morgan fingerprint density at radius 3 is 2.43 bits per heavy atom. The molecule has 2 aromatic rings. The molecule has 2 rings (SSSR count). The lowest BCUT2D eigenvalue weighted by molar-refractivity contribution is 0.0696. The van der Waals surface area contributed by atoms with Gasteiger partial charge in [-0.3, -0.25) is 4.79 Å². The van der Waals surface area contributed by atoms with Gasteiger partial charge in [0.2, 0.25) is 0 Å². The molecule has 0 saturated carbocycles. The van der Waals surface area contributed by atoms with Crippen LogP contribution in [0.4, 0.5) is 5.69 Å². The van der Waals surface area contributed by atoms with E-state index in [-0.39, 0.29) is 15.7 Å². The van der Waals surface area contributed by atoms with Gasteiger partial charge in [0.1, 0.15) is 5.15 Å². The van der Waals surface area contributed by atoms with Crippen molar-refractivity contribution in [3.05, 3.63) is 57.3 Å². The molecule has 0 aliphatic rings. The van der Waals surface area contributed by atoms with Crippen LogP contribution in [0.2, 0.25) is 10.2 Å². The summed E-state index contributed by atoms with van der Waals surface area (Å²) in [7, 11) is 0. The highest BCUT2D eigenvalue weighted by atomic mass is 35.5. The van der Waals surface area contributed by atoms with Crippen molar-refractivity contribution in [3.8, 4) is 0 Å². The van der Waals surface area contributed by atoms with Crippen molar-refractivity contribution in [1.29, 1.82) is 0 Å². The van der Waals surface area contributed by atoms with E-state index in [0.717, 1.165) is 0 Å². The fourth-order valence-electron chi connectivity index (χ4n) is 1.70. The van der Waals surface area contributed by atoms with Crippen LogP contribution in [0.3, 0.4) is 0 Å². The van der Waals surface area contributed by atoms with Crippen LogP contribution in [0, 0.1) is 6.92 Å². The third kappa shape index (κ3) is 3.71. The minimum absolute atomic E-state index is 0.0424. The summed E-state index contributed by atoms with van der Waals surface area (Å²) in [4.78, 5) is 26.9. The first kappa shape index (κ1) is 15.3. The number of hydrogen-bond acceptors (Lipinski definition) is 3. The second-order valence-corrected chi connectivity index (χ2v) is 5.07. The summed E-state index contributed by atoms with van der Waals surface area (Å²) in [6, 6.07) is 7.07. The fourth-order valence-corrected chi connectivity index (χ4v) is 2.18. The predicted molar refractivity (Wildman–Crippen MR) is 80.3 cm³/mol. The number of pyridine rings is 1. The summed E-state index contributed by atoms with van der Waals surface area (Å²) in [5, 5.41) is 11.8. The minimum Gasteiger partial charge on any atom is -0.478 e. The minimum atomic E-state index is -1.09. The maximum absolute atomic E-state index is 12.1. The van der Waals surface area contributed by atoms with Crippen molar-refractivity contribution in [2.75, 3.05) is 5.32 Å². The number of carbonyl (C=O) groups excluding carboxylic acids is 1. The largest absolute Gasteiger partial charge is 0.478 e. The molecular weight excluding hydrogens is 315 g/mol. The molecule has 0 bridgehead atoms. The normalized spacial score (nSPS) is 10.2. The maximum atomic E-state index is 12.1. The van der Waals surface area contributed by atoms with Gasteiger partial charge in [0.15, 0.2) is 0 Å². The number of carboxylic acids is 1. The zero-order valence-corrected chi connectivity index (χ0v) is 12.4. The number of nitrogens with zero attached hydrogens (tertiary/aromatic N) is 1. The molecule has 7 heteroatoms. The van der Waals surface area contributed by atoms with Crippen LogP contribution in [-0.2, 0) is 0 Å². The number of carboxylic acid groups (broad SMARTS) is 1. The summed E-state index contributed by atoms with van der Waals surface area (Å²) >= 11 is 11.8. The molecule has 0 aliphatic carbocycles. The van der Waals surface area contributed by atoms with Crippen molar-refractivity contribution in [1.82, 2.24) is 4.98 Å². The molecule has 0 aliphatic heterocycles. The van der Waals surface area contributed by atoms with Gasteiger partial charge in [-0.15, -0.1) is 0 Å². The number of benzene rings is 1. The lowest BCUT2D eigenvalue weighted by atomic mass is 10.2. The van der Waals surface area contributed by atoms with Gasteiger partial charge in [-0.1, -0.05) is 23.2 Å². The van der Waals surface area contributed by atoms with Gasteiger partial charge in [-0.2, -0.15) is 0 Å². The Morgan fingerprint density at radius 1 is 1.14 bits per heavy atom. The molecule has 0 radical (unpaired) electrons. The van der Waals surface area contributed by atoms with E-state index in [9.17, 15) is 9.59 Å². The highest BCUT2D eigenvalue weighted by Crippen LogP contribution is 2.24. The first-order valence-electron chi connectivity index (χ1n) is 5.85. The molecule has 0 spiro atoms. The lowest BCUT2D eigenvalue weighted by Gasteiger charge is -2.08. The van der Waals surface area contributed by atoms with E-state index in [2.05, 4.69) is 10.3 Å². The first-order valence-corrected chi connectivity index (χ1v) is 6.61. The average molecular weight is 325 g/mol. The van der Waals surface area contributed by atoms with Crippen molar-refractivity contribution < 1.29 is 14.7 Å². The summed E-state index contributed by atoms with van der Waals surface area (Å²) in [6.45, 7) is 1.72. The summed E-state index contributed by atoms with van der Waals surface area (Å²) < 4.78 is 0. The number of nitrogens with one attached hydrogen (secondary N) is 1. The summed E-state index contributed by atoms with van der Waals surface area (Å²) in [6.07, 6.45) is 0. The van der Waals surface area contributed by atoms with E-state index in [1.54, 1.807) is 13.0 Å². The van der Waals surface area contributed by atoms with E-state index in [0.29, 0.717) is 16.9 Å². The number of anilines is 1. The number of rotatable bonds is 3. The molecule has 0 unspecified atom stereocenters. The topological polar surface area (TPSA) is 79.3 Å². The van der Waals surface area contributed by atoms with Crippen molar-refractivity contribution in [2.24, 2.45) is 0 Å². The lowest BCUT2D eigenvalue weighted by Crippen LogP contribution is -2.13. The first-order chi connectivity index (χ1) is 9.86. The zero-order chi connectivity index (χ0) is 15.6. The number of aromatic nitrogens is 1. The Kier molecular flexibility index (Phi) is 4.45. The Morgan fingerprint density at radius 2 is 1.86 bits per heavy atom. The fraction of sp³-hybridized carbons (Fsp3) is 0.0714. The second kappa shape index (κ2) is 6.11. The average Bonchev–Trinajstić information content (AvgIpc) is 2.39. The van der Waals surface area contributed by atoms with Gasteiger partial charge in [-0.25, -0.2) is 9.78 Å². The third-order valence-corrected chi connectivity index (χ3v) is 3.15. The van der Waals surface area contributed by atoms with Crippen molar-refractivity contribution in [3.63, 3.8) is 0 Å². The SMILES string of the molecule is Cc1cc(C(=O)Nc2ccc(C(=O)O)cc2Cl)cc(Cl)n1. The highest BCUT2D eigenvalue weighted by Gasteiger charge is 2.12. The Labute approximate surface area is 130 Å². The highest BCUT2D eigenvalue weighted by molar-refractivity contribution is 6.34. The maximum Gasteiger partial charge on any atom is 0.335 e. The van der Waals surface area contributed by atoms with Crippen molar-refractivity contribution in [2.45, 2.75) is 6.92 Å². The van der Waals surface area contributed by atoms with Crippen LogP contribution in [0.1, 0.15) is 26.4 Å². The number of aryl methyl sites for hydroxylation is 1. The Hall–Kier alpha value is -2.11. The van der Waals surface area contributed by atoms with E-state index in [1.165, 1.54) is 24.3 Å². The van der Waals surface area contributed by atoms with Crippen LogP contribution < -0.4 is 5.32 Å². The van der Waals surface area contributed by atoms with Gasteiger partial charge >= 0.3 is 5.97 Å². The molecule has 0 atom stereocenters. The molecule has 21 heavy (non-hydrogen) atoms. The van der Waals surface area contributed by atoms with Gasteiger partial charge in [-0.05, 0) is 37.3 Å². The summed E-state index contributed by atoms with van der Waals surface area (Å²) in [5.41, 5.74) is 1.31. The van der Waals surface area contributed by atoms with Crippen LogP contribution in [0.15, 0.2) is 30.3 Å².